The van der Waals surface area contributed by atoms with Crippen LogP contribution in [0.1, 0.15) is 19.3 Å². The van der Waals surface area contributed by atoms with E-state index in [9.17, 15) is 14.4 Å². The molecule has 0 saturated carbocycles. The number of nitrogens with zero attached hydrogens (tertiary/aromatic N) is 3. The van der Waals surface area contributed by atoms with Gasteiger partial charge >= 0.3 is 0 Å². The third-order valence-corrected chi connectivity index (χ3v) is 5.91. The molecule has 0 radical (unpaired) electrons. The average molecular weight is 435 g/mol. The Balaban J connectivity index is 1.40. The molecule has 0 spiro atoms. The van der Waals surface area contributed by atoms with E-state index in [-0.39, 0.29) is 29.9 Å². The molecule has 1 fully saturated rings. The van der Waals surface area contributed by atoms with Gasteiger partial charge < -0.3 is 21.7 Å². The van der Waals surface area contributed by atoms with Gasteiger partial charge in [-0.15, -0.1) is 0 Å². The van der Waals surface area contributed by atoms with Crippen LogP contribution in [-0.2, 0) is 14.4 Å². The van der Waals surface area contributed by atoms with Crippen molar-refractivity contribution in [2.45, 2.75) is 25.3 Å². The number of primary amides is 2. The highest BCUT2D eigenvalue weighted by atomic mass is 16.2. The van der Waals surface area contributed by atoms with Gasteiger partial charge in [-0.2, -0.15) is 5.10 Å². The van der Waals surface area contributed by atoms with Crippen molar-refractivity contribution in [1.29, 1.82) is 0 Å². The van der Waals surface area contributed by atoms with Crippen LogP contribution in [-0.4, -0.2) is 42.6 Å². The lowest BCUT2D eigenvalue weighted by atomic mass is 9.96. The first-order valence-corrected chi connectivity index (χ1v) is 10.6. The number of piperidine rings is 1. The molecule has 2 heterocycles. The van der Waals surface area contributed by atoms with E-state index >= 15 is 0 Å². The second-order valence-corrected chi connectivity index (χ2v) is 8.01. The minimum Gasteiger partial charge on any atom is -0.371 e. The summed E-state index contributed by atoms with van der Waals surface area (Å²) in [4.78, 5) is 38.2. The first-order chi connectivity index (χ1) is 15.4. The van der Waals surface area contributed by atoms with E-state index in [1.54, 1.807) is 0 Å². The normalized spacial score (nSPS) is 18.9. The number of carbonyl (C=O) groups excluding carboxylic acids is 3. The zero-order valence-electron chi connectivity index (χ0n) is 17.6. The largest absolute Gasteiger partial charge is 0.371 e. The predicted octanol–water partition coefficient (Wildman–Crippen LogP) is 1.45. The zero-order chi connectivity index (χ0) is 22.7. The molecule has 2 aromatic rings. The van der Waals surface area contributed by atoms with Crippen LogP contribution in [0.2, 0.25) is 0 Å². The molecule has 1 atom stereocenters. The van der Waals surface area contributed by atoms with E-state index in [4.69, 9.17) is 11.5 Å². The summed E-state index contributed by atoms with van der Waals surface area (Å²) in [6.45, 7) is 1.53. The van der Waals surface area contributed by atoms with Crippen molar-refractivity contribution in [3.8, 4) is 0 Å². The fourth-order valence-corrected chi connectivity index (χ4v) is 4.07. The van der Waals surface area contributed by atoms with Crippen LogP contribution in [0.5, 0.6) is 0 Å². The SMILES string of the molecule is NC(=O)C1CCN(c2ccc(NC(=O)C3=NN(c4ccccc4)C(C(N)=O)C3)cc2)CC1. The fourth-order valence-electron chi connectivity index (χ4n) is 4.07. The number of hydrogen-bond donors (Lipinski definition) is 3. The van der Waals surface area contributed by atoms with E-state index in [1.807, 2.05) is 54.6 Å². The Bertz CT molecular complexity index is 1030. The van der Waals surface area contributed by atoms with Crippen molar-refractivity contribution in [3.63, 3.8) is 0 Å². The summed E-state index contributed by atoms with van der Waals surface area (Å²) in [6.07, 6.45) is 1.63. The lowest BCUT2D eigenvalue weighted by molar-refractivity contribution is -0.122. The Labute approximate surface area is 186 Å². The summed E-state index contributed by atoms with van der Waals surface area (Å²) < 4.78 is 0. The van der Waals surface area contributed by atoms with Crippen LogP contribution in [0.25, 0.3) is 0 Å². The number of hydrazone groups is 1. The number of nitrogens with two attached hydrogens (primary N) is 2. The summed E-state index contributed by atoms with van der Waals surface area (Å²) in [7, 11) is 0. The van der Waals surface area contributed by atoms with Crippen LogP contribution in [0, 0.1) is 5.92 Å². The molecule has 1 unspecified atom stereocenters. The van der Waals surface area contributed by atoms with Gasteiger partial charge in [-0.05, 0) is 49.2 Å². The quantitative estimate of drug-likeness (QED) is 0.633. The molecular weight excluding hydrogens is 408 g/mol. The lowest BCUT2D eigenvalue weighted by Crippen LogP contribution is -2.39. The van der Waals surface area contributed by atoms with Crippen molar-refractivity contribution in [1.82, 2.24) is 0 Å². The molecule has 1 saturated heterocycles. The second-order valence-electron chi connectivity index (χ2n) is 8.01. The van der Waals surface area contributed by atoms with Gasteiger partial charge in [0.15, 0.2) is 0 Å². The highest BCUT2D eigenvalue weighted by Crippen LogP contribution is 2.26. The van der Waals surface area contributed by atoms with Crippen molar-refractivity contribution < 1.29 is 14.4 Å². The van der Waals surface area contributed by atoms with Gasteiger partial charge in [0.1, 0.15) is 11.8 Å². The minimum atomic E-state index is -0.705. The van der Waals surface area contributed by atoms with Gasteiger partial charge in [0, 0.05) is 36.8 Å². The van der Waals surface area contributed by atoms with Gasteiger partial charge in [-0.3, -0.25) is 19.4 Å². The summed E-state index contributed by atoms with van der Waals surface area (Å²) in [5.41, 5.74) is 13.5. The number of benzene rings is 2. The summed E-state index contributed by atoms with van der Waals surface area (Å²) >= 11 is 0. The smallest absolute Gasteiger partial charge is 0.271 e. The highest BCUT2D eigenvalue weighted by Gasteiger charge is 2.35. The molecule has 4 rings (SSSR count). The molecule has 2 aliphatic rings. The molecule has 9 nitrogen and oxygen atoms in total. The molecule has 3 amide bonds. The third kappa shape index (κ3) is 4.56. The number of rotatable bonds is 6. The Kier molecular flexibility index (Phi) is 6.07. The number of carbonyl (C=O) groups is 3. The Morgan fingerprint density at radius 2 is 1.53 bits per heavy atom. The number of nitrogens with one attached hydrogen (secondary N) is 1. The zero-order valence-corrected chi connectivity index (χ0v) is 17.6. The lowest BCUT2D eigenvalue weighted by Gasteiger charge is -2.32. The predicted molar refractivity (Wildman–Crippen MR) is 123 cm³/mol. The molecule has 0 aliphatic carbocycles. The Morgan fingerprint density at radius 1 is 0.875 bits per heavy atom. The third-order valence-electron chi connectivity index (χ3n) is 5.91. The van der Waals surface area contributed by atoms with Crippen LogP contribution in [0.15, 0.2) is 59.7 Å². The van der Waals surface area contributed by atoms with Crippen LogP contribution < -0.4 is 26.7 Å². The number of para-hydroxylation sites is 1. The molecule has 166 valence electrons. The van der Waals surface area contributed by atoms with Crippen molar-refractivity contribution in [2.75, 3.05) is 28.3 Å². The fraction of sp³-hybridized carbons (Fsp3) is 0.304. The van der Waals surface area contributed by atoms with E-state index in [0.717, 1.165) is 31.6 Å². The molecule has 9 heteroatoms. The van der Waals surface area contributed by atoms with Gasteiger partial charge in [0.05, 0.1) is 5.69 Å². The maximum absolute atomic E-state index is 12.8. The van der Waals surface area contributed by atoms with Crippen molar-refractivity contribution >= 4 is 40.5 Å². The summed E-state index contributed by atoms with van der Waals surface area (Å²) in [5.74, 6) is -1.20. The highest BCUT2D eigenvalue weighted by molar-refractivity contribution is 6.44. The Morgan fingerprint density at radius 3 is 2.12 bits per heavy atom. The maximum Gasteiger partial charge on any atom is 0.271 e. The van der Waals surface area contributed by atoms with Gasteiger partial charge in [0.25, 0.3) is 5.91 Å². The van der Waals surface area contributed by atoms with Crippen molar-refractivity contribution in [2.24, 2.45) is 22.5 Å². The van der Waals surface area contributed by atoms with Crippen LogP contribution in [0.3, 0.4) is 0 Å². The second kappa shape index (κ2) is 9.09. The molecule has 2 aromatic carbocycles. The van der Waals surface area contributed by atoms with Crippen molar-refractivity contribution in [3.05, 3.63) is 54.6 Å². The van der Waals surface area contributed by atoms with E-state index in [2.05, 4.69) is 15.3 Å². The van der Waals surface area contributed by atoms with Crippen LogP contribution in [0.4, 0.5) is 17.1 Å². The topological polar surface area (TPSA) is 134 Å². The maximum atomic E-state index is 12.8. The van der Waals surface area contributed by atoms with Gasteiger partial charge in [0.2, 0.25) is 11.8 Å². The van der Waals surface area contributed by atoms with Gasteiger partial charge in [-0.25, -0.2) is 0 Å². The minimum absolute atomic E-state index is 0.0586. The number of anilines is 3. The number of amides is 3. The monoisotopic (exact) mass is 434 g/mol. The Hall–Kier alpha value is -3.88. The molecule has 2 aliphatic heterocycles. The van der Waals surface area contributed by atoms with E-state index < -0.39 is 11.9 Å². The molecular formula is C23H26N6O3. The summed E-state index contributed by atoms with van der Waals surface area (Å²) in [6, 6.07) is 15.9. The van der Waals surface area contributed by atoms with Gasteiger partial charge in [-0.1, -0.05) is 18.2 Å². The average Bonchev–Trinajstić information content (AvgIpc) is 3.26. The standard InChI is InChI=1S/C23H26N6O3/c24-21(30)15-10-12-28(13-11-15)17-8-6-16(7-9-17)26-23(32)19-14-20(22(25)31)29(27-19)18-4-2-1-3-5-18/h1-9,15,20H,10-14H2,(H2,24,30)(H2,25,31)(H,26,32). The van der Waals surface area contributed by atoms with E-state index in [1.165, 1.54) is 5.01 Å². The first kappa shape index (κ1) is 21.4. The summed E-state index contributed by atoms with van der Waals surface area (Å²) in [5, 5.41) is 8.70. The molecule has 0 aromatic heterocycles. The van der Waals surface area contributed by atoms with E-state index in [0.29, 0.717) is 11.4 Å². The number of hydrogen-bond acceptors (Lipinski definition) is 6. The molecule has 32 heavy (non-hydrogen) atoms. The first-order valence-electron chi connectivity index (χ1n) is 10.6. The van der Waals surface area contributed by atoms with Crippen LogP contribution >= 0.6 is 0 Å². The molecule has 5 N–H and O–H groups in total. The molecule has 0 bridgehead atoms.